The Bertz CT molecular complexity index is 859. The molecule has 1 fully saturated rings. The molecule has 0 atom stereocenters. The number of rotatable bonds is 3. The van der Waals surface area contributed by atoms with E-state index in [9.17, 15) is 26.7 Å². The maximum Gasteiger partial charge on any atom is 0.417 e. The van der Waals surface area contributed by atoms with Crippen LogP contribution in [0.15, 0.2) is 42.6 Å². The summed E-state index contributed by atoms with van der Waals surface area (Å²) < 4.78 is 67.0. The van der Waals surface area contributed by atoms with Crippen LogP contribution in [0.1, 0.15) is 11.1 Å². The number of benzene rings is 1. The van der Waals surface area contributed by atoms with Crippen molar-refractivity contribution in [2.24, 2.45) is 0 Å². The van der Waals surface area contributed by atoms with Crippen molar-refractivity contribution in [2.45, 2.75) is 19.0 Å². The Morgan fingerprint density at radius 2 is 1.88 bits per heavy atom. The van der Waals surface area contributed by atoms with Crippen LogP contribution in [0, 0.1) is 6.92 Å². The maximum atomic E-state index is 13.3. The van der Waals surface area contributed by atoms with Crippen LogP contribution < -0.4 is 0 Å². The molecule has 0 saturated carbocycles. The van der Waals surface area contributed by atoms with Gasteiger partial charge in [-0.05, 0) is 25.1 Å². The Morgan fingerprint density at radius 1 is 1.19 bits per heavy atom. The van der Waals surface area contributed by atoms with Gasteiger partial charge in [-0.25, -0.2) is 8.78 Å². The molecule has 138 valence electrons. The molecule has 0 bridgehead atoms. The summed E-state index contributed by atoms with van der Waals surface area (Å²) >= 11 is 0. The van der Waals surface area contributed by atoms with E-state index in [1.807, 2.05) is 0 Å². The van der Waals surface area contributed by atoms with Crippen LogP contribution >= 0.6 is 0 Å². The van der Waals surface area contributed by atoms with Crippen LogP contribution in [0.3, 0.4) is 0 Å². The van der Waals surface area contributed by atoms with Gasteiger partial charge in [0.2, 0.25) is 5.91 Å². The minimum absolute atomic E-state index is 0.0271. The molecule has 2 heterocycles. The highest BCUT2D eigenvalue weighted by molar-refractivity contribution is 5.91. The number of aryl methyl sites for hydroxylation is 1. The third kappa shape index (κ3) is 3.63. The van der Waals surface area contributed by atoms with Gasteiger partial charge in [-0.2, -0.15) is 13.2 Å². The molecule has 0 unspecified atom stereocenters. The maximum absolute atomic E-state index is 13.3. The molecule has 0 radical (unpaired) electrons. The molecule has 0 spiro atoms. The molecule has 2 aromatic rings. The summed E-state index contributed by atoms with van der Waals surface area (Å²) in [6.45, 7) is 0.273. The molecule has 8 heteroatoms. The fourth-order valence-electron chi connectivity index (χ4n) is 2.79. The predicted octanol–water partition coefficient (Wildman–Crippen LogP) is 4.43. The Kier molecular flexibility index (Phi) is 4.37. The number of carbonyl (C=O) groups is 1. The monoisotopic (exact) mass is 370 g/mol. The van der Waals surface area contributed by atoms with Crippen LogP contribution in [-0.4, -0.2) is 34.4 Å². The van der Waals surface area contributed by atoms with Crippen molar-refractivity contribution >= 4 is 12.1 Å². The first-order valence-electron chi connectivity index (χ1n) is 7.77. The standard InChI is InChI=1S/C18H15F5N2O/c1-12-4-5-13(14(9-12)18(21,22)23)15-3-2-7-24(15)8-6-16(26)25-10-17(19,20)11-25/h2-9H,10-11H2,1H3/b8-6-. The van der Waals surface area contributed by atoms with Gasteiger partial charge in [0.05, 0.1) is 24.3 Å². The van der Waals surface area contributed by atoms with Crippen molar-refractivity contribution < 1.29 is 26.7 Å². The number of amides is 1. The molecule has 1 aliphatic heterocycles. The zero-order valence-electron chi connectivity index (χ0n) is 13.7. The van der Waals surface area contributed by atoms with E-state index in [0.29, 0.717) is 5.56 Å². The average molecular weight is 370 g/mol. The molecular weight excluding hydrogens is 355 g/mol. The van der Waals surface area contributed by atoms with Crippen molar-refractivity contribution in [2.75, 3.05) is 13.1 Å². The lowest BCUT2D eigenvalue weighted by atomic mass is 10.0. The number of nitrogens with zero attached hydrogens (tertiary/aromatic N) is 2. The largest absolute Gasteiger partial charge is 0.417 e. The Labute approximate surface area is 146 Å². The van der Waals surface area contributed by atoms with Gasteiger partial charge in [0, 0.05) is 24.0 Å². The smallest absolute Gasteiger partial charge is 0.327 e. The van der Waals surface area contributed by atoms with E-state index in [-0.39, 0.29) is 11.3 Å². The molecule has 1 aliphatic rings. The summed E-state index contributed by atoms with van der Waals surface area (Å²) in [4.78, 5) is 12.8. The van der Waals surface area contributed by atoms with E-state index >= 15 is 0 Å². The minimum atomic E-state index is -4.53. The number of halogens is 5. The molecule has 1 aromatic carbocycles. The van der Waals surface area contributed by atoms with Crippen LogP contribution in [-0.2, 0) is 11.0 Å². The average Bonchev–Trinajstić information content (AvgIpc) is 2.97. The molecule has 3 nitrogen and oxygen atoms in total. The summed E-state index contributed by atoms with van der Waals surface area (Å²) in [5, 5.41) is 0. The summed E-state index contributed by atoms with van der Waals surface area (Å²) in [5.41, 5.74) is -0.0841. The first-order valence-corrected chi connectivity index (χ1v) is 7.77. The van der Waals surface area contributed by atoms with Crippen LogP contribution in [0.25, 0.3) is 17.5 Å². The Balaban J connectivity index is 1.88. The molecule has 1 amide bonds. The highest BCUT2D eigenvalue weighted by Gasteiger charge is 2.45. The fraction of sp³-hybridized carbons (Fsp3) is 0.278. The number of carbonyl (C=O) groups excluding carboxylic acids is 1. The van der Waals surface area contributed by atoms with Gasteiger partial charge in [-0.1, -0.05) is 17.7 Å². The lowest BCUT2D eigenvalue weighted by Gasteiger charge is -2.37. The Hall–Kier alpha value is -2.64. The van der Waals surface area contributed by atoms with E-state index in [1.165, 1.54) is 29.1 Å². The molecule has 0 aliphatic carbocycles. The number of aromatic nitrogens is 1. The van der Waals surface area contributed by atoms with Gasteiger partial charge in [0.15, 0.2) is 0 Å². The van der Waals surface area contributed by atoms with Gasteiger partial charge < -0.3 is 9.47 Å². The topological polar surface area (TPSA) is 25.2 Å². The van der Waals surface area contributed by atoms with Crippen LogP contribution in [0.4, 0.5) is 22.0 Å². The van der Waals surface area contributed by atoms with Crippen LogP contribution in [0.2, 0.25) is 0 Å². The highest BCUT2D eigenvalue weighted by Crippen LogP contribution is 2.38. The van der Waals surface area contributed by atoms with E-state index in [0.717, 1.165) is 17.0 Å². The lowest BCUT2D eigenvalue weighted by molar-refractivity contribution is -0.160. The minimum Gasteiger partial charge on any atom is -0.327 e. The van der Waals surface area contributed by atoms with Gasteiger partial charge in [0.25, 0.3) is 5.92 Å². The number of alkyl halides is 5. The van der Waals surface area contributed by atoms with Crippen molar-refractivity contribution in [3.63, 3.8) is 0 Å². The van der Waals surface area contributed by atoms with Crippen molar-refractivity contribution in [1.82, 2.24) is 9.47 Å². The first kappa shape index (κ1) is 18.2. The van der Waals surface area contributed by atoms with Crippen molar-refractivity contribution in [3.05, 3.63) is 53.7 Å². The van der Waals surface area contributed by atoms with Gasteiger partial charge in [-0.3, -0.25) is 4.79 Å². The number of hydrogen-bond donors (Lipinski definition) is 0. The van der Waals surface area contributed by atoms with Gasteiger partial charge in [0.1, 0.15) is 0 Å². The molecule has 26 heavy (non-hydrogen) atoms. The second-order valence-corrected chi connectivity index (χ2v) is 6.21. The predicted molar refractivity (Wildman–Crippen MR) is 86.5 cm³/mol. The van der Waals surface area contributed by atoms with Crippen molar-refractivity contribution in [1.29, 1.82) is 0 Å². The lowest BCUT2D eigenvalue weighted by Crippen LogP contribution is -2.58. The molecular formula is C18H15F5N2O. The summed E-state index contributed by atoms with van der Waals surface area (Å²) in [6.07, 6.45) is -0.697. The third-order valence-electron chi connectivity index (χ3n) is 4.07. The zero-order chi connectivity index (χ0) is 19.1. The molecule has 1 aromatic heterocycles. The summed E-state index contributed by atoms with van der Waals surface area (Å²) in [7, 11) is 0. The molecule has 3 rings (SSSR count). The normalized spacial score (nSPS) is 16.8. The van der Waals surface area contributed by atoms with Gasteiger partial charge in [-0.15, -0.1) is 0 Å². The summed E-state index contributed by atoms with van der Waals surface area (Å²) in [6, 6.07) is 7.03. The van der Waals surface area contributed by atoms with Gasteiger partial charge >= 0.3 is 6.18 Å². The quantitative estimate of drug-likeness (QED) is 0.580. The molecule has 1 saturated heterocycles. The van der Waals surface area contributed by atoms with Crippen LogP contribution in [0.5, 0.6) is 0 Å². The molecule has 0 N–H and O–H groups in total. The Morgan fingerprint density at radius 3 is 2.50 bits per heavy atom. The number of hydrogen-bond acceptors (Lipinski definition) is 1. The van der Waals surface area contributed by atoms with Crippen molar-refractivity contribution in [3.8, 4) is 11.3 Å². The van der Waals surface area contributed by atoms with E-state index in [2.05, 4.69) is 0 Å². The second-order valence-electron chi connectivity index (χ2n) is 6.21. The SMILES string of the molecule is Cc1ccc(-c2cccn2/C=C\C(=O)N2CC(F)(F)C2)c(C(F)(F)F)c1. The van der Waals surface area contributed by atoms with E-state index in [1.54, 1.807) is 19.1 Å². The van der Waals surface area contributed by atoms with E-state index in [4.69, 9.17) is 0 Å². The highest BCUT2D eigenvalue weighted by atomic mass is 19.4. The third-order valence-corrected chi connectivity index (χ3v) is 4.07. The second kappa shape index (κ2) is 6.26. The number of likely N-dealkylation sites (tertiary alicyclic amines) is 1. The first-order chi connectivity index (χ1) is 12.1. The fourth-order valence-corrected chi connectivity index (χ4v) is 2.79. The van der Waals surface area contributed by atoms with E-state index < -0.39 is 36.7 Å². The summed E-state index contributed by atoms with van der Waals surface area (Å²) in [5.74, 6) is -3.48. The zero-order valence-corrected chi connectivity index (χ0v) is 13.7.